The highest BCUT2D eigenvalue weighted by Gasteiger charge is 1.89. The predicted molar refractivity (Wildman–Crippen MR) is 29.2 cm³/mol. The van der Waals surface area contributed by atoms with Crippen LogP contribution in [-0.2, 0) is 4.79 Å². The Kier molecular flexibility index (Phi) is 1.53. The Bertz CT molecular complexity index is 161. The van der Waals surface area contributed by atoms with E-state index in [0.29, 0.717) is 5.00 Å². The van der Waals surface area contributed by atoms with Gasteiger partial charge in [-0.25, -0.2) is 0 Å². The normalized spacial score (nSPS) is 8.50. The van der Waals surface area contributed by atoms with Crippen molar-refractivity contribution < 1.29 is 4.79 Å². The van der Waals surface area contributed by atoms with E-state index < -0.39 is 0 Å². The summed E-state index contributed by atoms with van der Waals surface area (Å²) in [6.07, 6.45) is 2.95. The van der Waals surface area contributed by atoms with Gasteiger partial charge in [0.2, 0.25) is 0 Å². The first-order chi connectivity index (χ1) is 3.93. The zero-order valence-corrected chi connectivity index (χ0v) is 4.60. The molecule has 1 radical (unpaired) electrons. The van der Waals surface area contributed by atoms with Gasteiger partial charge in [0.05, 0.1) is 6.20 Å². The minimum Gasteiger partial charge on any atom is -0.307 e. The van der Waals surface area contributed by atoms with Crippen LogP contribution in [0.2, 0.25) is 0 Å². The maximum atomic E-state index is 9.59. The molecule has 0 saturated heterocycles. The fourth-order valence-corrected chi connectivity index (χ4v) is 0.636. The highest BCUT2D eigenvalue weighted by Crippen LogP contribution is 2.06. The Balaban J connectivity index is 2.62. The smallest absolute Gasteiger partial charge is 0.307 e. The van der Waals surface area contributed by atoms with E-state index in [1.165, 1.54) is 12.6 Å². The molecule has 41 valence electrons. The zero-order valence-electron chi connectivity index (χ0n) is 3.79. The van der Waals surface area contributed by atoms with Gasteiger partial charge < -0.3 is 5.32 Å². The summed E-state index contributed by atoms with van der Waals surface area (Å²) in [6.45, 7) is 0. The van der Waals surface area contributed by atoms with Gasteiger partial charge in [-0.15, -0.1) is 5.10 Å². The van der Waals surface area contributed by atoms with E-state index >= 15 is 0 Å². The first kappa shape index (κ1) is 5.17. The van der Waals surface area contributed by atoms with Gasteiger partial charge in [0.25, 0.3) is 0 Å². The van der Waals surface area contributed by atoms with Crippen molar-refractivity contribution in [2.24, 2.45) is 0 Å². The van der Waals surface area contributed by atoms with E-state index in [1.54, 1.807) is 0 Å². The monoisotopic (exact) mass is 128 g/mol. The second-order valence-electron chi connectivity index (χ2n) is 1.01. The molecular weight excluding hydrogens is 126 g/mol. The standard InChI is InChI=1S/C3H2N3OS/c7-2-4-3-1-5-6-8-3/h1H,(H,4,7). The molecule has 0 aliphatic heterocycles. The van der Waals surface area contributed by atoms with Crippen molar-refractivity contribution in [3.63, 3.8) is 0 Å². The molecule has 0 unspecified atom stereocenters. The molecule has 0 aromatic carbocycles. The average molecular weight is 128 g/mol. The maximum absolute atomic E-state index is 9.59. The van der Waals surface area contributed by atoms with Gasteiger partial charge in [-0.05, 0) is 0 Å². The molecule has 1 heterocycles. The van der Waals surface area contributed by atoms with Crippen LogP contribution in [0.5, 0.6) is 0 Å². The highest BCUT2D eigenvalue weighted by atomic mass is 32.1. The van der Waals surface area contributed by atoms with Gasteiger partial charge in [-0.2, -0.15) is 0 Å². The van der Waals surface area contributed by atoms with E-state index in [4.69, 9.17) is 0 Å². The molecular formula is C3H2N3OS. The van der Waals surface area contributed by atoms with E-state index in [-0.39, 0.29) is 0 Å². The minimum atomic E-state index is 0.611. The van der Waals surface area contributed by atoms with Crippen molar-refractivity contribution >= 4 is 22.9 Å². The number of amides is 1. The van der Waals surface area contributed by atoms with Crippen molar-refractivity contribution in [3.05, 3.63) is 6.20 Å². The van der Waals surface area contributed by atoms with Crippen LogP contribution >= 0.6 is 11.5 Å². The first-order valence-electron chi connectivity index (χ1n) is 1.84. The summed E-state index contributed by atoms with van der Waals surface area (Å²) in [6, 6.07) is 0. The lowest BCUT2D eigenvalue weighted by atomic mass is 10.8. The molecule has 0 saturated carbocycles. The largest absolute Gasteiger partial charge is 0.314 e. The van der Waals surface area contributed by atoms with Gasteiger partial charge in [0, 0.05) is 11.5 Å². The lowest BCUT2D eigenvalue weighted by Gasteiger charge is -1.79. The zero-order chi connectivity index (χ0) is 5.82. The van der Waals surface area contributed by atoms with Crippen LogP contribution in [0.15, 0.2) is 6.20 Å². The lowest BCUT2D eigenvalue weighted by Crippen LogP contribution is -1.88. The molecule has 1 amide bonds. The maximum Gasteiger partial charge on any atom is 0.314 e. The van der Waals surface area contributed by atoms with Gasteiger partial charge >= 0.3 is 6.41 Å². The summed E-state index contributed by atoms with van der Waals surface area (Å²) in [5, 5.41) is 6.35. The topological polar surface area (TPSA) is 54.9 Å². The molecule has 0 aliphatic rings. The molecule has 1 aromatic rings. The van der Waals surface area contributed by atoms with Crippen LogP contribution in [-0.4, -0.2) is 16.0 Å². The van der Waals surface area contributed by atoms with Gasteiger partial charge in [0.1, 0.15) is 5.00 Å². The second kappa shape index (κ2) is 2.37. The van der Waals surface area contributed by atoms with Crippen LogP contribution in [0.25, 0.3) is 0 Å². The molecule has 8 heavy (non-hydrogen) atoms. The molecule has 1 rings (SSSR count). The molecule has 5 heteroatoms. The summed E-state index contributed by atoms with van der Waals surface area (Å²) in [4.78, 5) is 9.59. The van der Waals surface area contributed by atoms with Crippen LogP contribution < -0.4 is 5.32 Å². The van der Waals surface area contributed by atoms with Crippen LogP contribution in [0.3, 0.4) is 0 Å². The third-order valence-corrected chi connectivity index (χ3v) is 1.12. The number of rotatable bonds is 2. The number of anilines is 1. The van der Waals surface area contributed by atoms with Crippen molar-refractivity contribution in [1.82, 2.24) is 9.59 Å². The summed E-state index contributed by atoms with van der Waals surface area (Å²) in [7, 11) is 0. The third-order valence-electron chi connectivity index (χ3n) is 0.536. The van der Waals surface area contributed by atoms with E-state index in [0.717, 1.165) is 11.5 Å². The van der Waals surface area contributed by atoms with Gasteiger partial charge in [-0.3, -0.25) is 4.79 Å². The SMILES string of the molecule is O=[C]Nc1cnns1. The van der Waals surface area contributed by atoms with E-state index in [9.17, 15) is 4.79 Å². The van der Waals surface area contributed by atoms with E-state index in [1.807, 2.05) is 0 Å². The molecule has 1 aromatic heterocycles. The molecule has 0 spiro atoms. The third kappa shape index (κ3) is 1.00. The predicted octanol–water partition coefficient (Wildman–Crippen LogP) is 0.0172. The summed E-state index contributed by atoms with van der Waals surface area (Å²) in [5.74, 6) is 0. The molecule has 0 bridgehead atoms. The lowest BCUT2D eigenvalue weighted by molar-refractivity contribution is 0.561. The molecule has 0 aliphatic carbocycles. The van der Waals surface area contributed by atoms with Gasteiger partial charge in [-0.1, -0.05) is 4.49 Å². The van der Waals surface area contributed by atoms with Gasteiger partial charge in [0.15, 0.2) is 0 Å². The number of nitrogens with one attached hydrogen (secondary N) is 1. The Hall–Kier alpha value is -0.970. The summed E-state index contributed by atoms with van der Waals surface area (Å²) in [5.41, 5.74) is 0. The Labute approximate surface area is 49.7 Å². The quantitative estimate of drug-likeness (QED) is 0.571. The Morgan fingerprint density at radius 2 is 2.75 bits per heavy atom. The van der Waals surface area contributed by atoms with E-state index in [2.05, 4.69) is 14.9 Å². The Morgan fingerprint density at radius 3 is 3.25 bits per heavy atom. The number of nitrogens with zero attached hydrogens (tertiary/aromatic N) is 2. The molecule has 0 atom stereocenters. The van der Waals surface area contributed by atoms with Crippen LogP contribution in [0.4, 0.5) is 5.00 Å². The summed E-state index contributed by atoms with van der Waals surface area (Å²) >= 11 is 1.11. The minimum absolute atomic E-state index is 0.611. The molecule has 4 nitrogen and oxygen atoms in total. The summed E-state index contributed by atoms with van der Waals surface area (Å²) < 4.78 is 3.49. The van der Waals surface area contributed by atoms with Crippen LogP contribution in [0.1, 0.15) is 0 Å². The van der Waals surface area contributed by atoms with Crippen molar-refractivity contribution in [2.45, 2.75) is 0 Å². The Morgan fingerprint density at radius 1 is 1.88 bits per heavy atom. The van der Waals surface area contributed by atoms with Crippen molar-refractivity contribution in [3.8, 4) is 0 Å². The highest BCUT2D eigenvalue weighted by molar-refractivity contribution is 7.10. The molecule has 0 fully saturated rings. The number of aromatic nitrogens is 2. The molecule has 1 N–H and O–H groups in total. The number of carbonyl (C=O) groups excluding carboxylic acids is 1. The second-order valence-corrected chi connectivity index (χ2v) is 1.79. The fourth-order valence-electron chi connectivity index (χ4n) is 0.273. The first-order valence-corrected chi connectivity index (χ1v) is 2.61. The number of hydrogen-bond donors (Lipinski definition) is 1. The van der Waals surface area contributed by atoms with Crippen LogP contribution in [0, 0.1) is 0 Å². The van der Waals surface area contributed by atoms with Crippen molar-refractivity contribution in [1.29, 1.82) is 0 Å². The van der Waals surface area contributed by atoms with Crippen molar-refractivity contribution in [2.75, 3.05) is 5.32 Å². The average Bonchev–Trinajstić information content (AvgIpc) is 2.19. The fraction of sp³-hybridized carbons (Fsp3) is 0. The number of hydrogen-bond acceptors (Lipinski definition) is 4.